The van der Waals surface area contributed by atoms with Gasteiger partial charge in [0.05, 0.1) is 18.2 Å². The molecule has 5 heteroatoms. The minimum Gasteiger partial charge on any atom is -0.351 e. The van der Waals surface area contributed by atoms with Gasteiger partial charge in [0.2, 0.25) is 0 Å². The molecule has 2 aliphatic heterocycles. The molecule has 5 rings (SSSR count). The average Bonchev–Trinajstić information content (AvgIpc) is 3.15. The summed E-state index contributed by atoms with van der Waals surface area (Å²) in [6.45, 7) is 2.01. The van der Waals surface area contributed by atoms with Crippen LogP contribution in [0.15, 0.2) is 83.3 Å². The van der Waals surface area contributed by atoms with Crippen LogP contribution in [-0.4, -0.2) is 17.9 Å². The summed E-state index contributed by atoms with van der Waals surface area (Å²) < 4.78 is 0.897. The predicted molar refractivity (Wildman–Crippen MR) is 132 cm³/mol. The summed E-state index contributed by atoms with van der Waals surface area (Å²) in [4.78, 5) is 16.1. The molecule has 3 aromatic carbocycles. The van der Waals surface area contributed by atoms with E-state index in [1.54, 1.807) is 12.1 Å². The van der Waals surface area contributed by atoms with Crippen molar-refractivity contribution in [1.29, 1.82) is 10.5 Å². The van der Waals surface area contributed by atoms with Crippen molar-refractivity contribution in [2.75, 3.05) is 4.90 Å². The molecule has 0 bridgehead atoms. The number of nitrogens with zero attached hydrogens (tertiary/aromatic N) is 3. The summed E-state index contributed by atoms with van der Waals surface area (Å²) >= 11 is 3.47. The van der Waals surface area contributed by atoms with Crippen LogP contribution in [0.3, 0.4) is 0 Å². The van der Waals surface area contributed by atoms with E-state index < -0.39 is 23.4 Å². The number of hydrogen-bond donors (Lipinski definition) is 0. The van der Waals surface area contributed by atoms with Crippen LogP contribution in [0.2, 0.25) is 0 Å². The van der Waals surface area contributed by atoms with E-state index in [9.17, 15) is 15.3 Å². The van der Waals surface area contributed by atoms with Gasteiger partial charge in [-0.25, -0.2) is 0 Å². The van der Waals surface area contributed by atoms with Gasteiger partial charge in [-0.15, -0.1) is 0 Å². The number of carbonyl (C=O) groups excluding carboxylic acids is 1. The minimum atomic E-state index is -1.43. The summed E-state index contributed by atoms with van der Waals surface area (Å²) in [6.07, 6.45) is 3.88. The van der Waals surface area contributed by atoms with Crippen molar-refractivity contribution in [2.24, 2.45) is 5.41 Å². The van der Waals surface area contributed by atoms with E-state index in [4.69, 9.17) is 0 Å². The van der Waals surface area contributed by atoms with Crippen LogP contribution in [0.1, 0.15) is 33.0 Å². The molecule has 0 saturated carbocycles. The fourth-order valence-corrected chi connectivity index (χ4v) is 5.47. The molecule has 2 heterocycles. The number of Topliss-reactive ketones (excluding diaryl/α,β-unsaturated/α-hetero) is 1. The molecule has 1 saturated heterocycles. The highest BCUT2D eigenvalue weighted by Crippen LogP contribution is 2.55. The lowest BCUT2D eigenvalue weighted by atomic mass is 9.69. The van der Waals surface area contributed by atoms with Crippen molar-refractivity contribution in [3.05, 3.63) is 106 Å². The largest absolute Gasteiger partial charge is 0.351 e. The molecule has 1 fully saturated rings. The van der Waals surface area contributed by atoms with Gasteiger partial charge in [-0.05, 0) is 41.8 Å². The maximum atomic E-state index is 14.1. The van der Waals surface area contributed by atoms with E-state index in [1.165, 1.54) is 0 Å². The fourth-order valence-electron chi connectivity index (χ4n) is 5.21. The minimum absolute atomic E-state index is 0.0938. The molecule has 3 atom stereocenters. The van der Waals surface area contributed by atoms with Crippen LogP contribution < -0.4 is 4.90 Å². The number of carbonyl (C=O) groups is 1. The smallest absolute Gasteiger partial charge is 0.185 e. The van der Waals surface area contributed by atoms with Crippen LogP contribution in [0.25, 0.3) is 6.08 Å². The van der Waals surface area contributed by atoms with Gasteiger partial charge in [0.15, 0.2) is 11.2 Å². The molecule has 3 aromatic rings. The van der Waals surface area contributed by atoms with Crippen molar-refractivity contribution in [3.8, 4) is 12.1 Å². The molecule has 4 nitrogen and oxygen atoms in total. The molecule has 160 valence electrons. The monoisotopic (exact) mass is 493 g/mol. The van der Waals surface area contributed by atoms with Crippen LogP contribution in [0.5, 0.6) is 0 Å². The maximum Gasteiger partial charge on any atom is 0.185 e. The highest BCUT2D eigenvalue weighted by atomic mass is 79.9. The van der Waals surface area contributed by atoms with Crippen molar-refractivity contribution in [3.63, 3.8) is 0 Å². The Labute approximate surface area is 201 Å². The average molecular weight is 494 g/mol. The van der Waals surface area contributed by atoms with E-state index in [1.807, 2.05) is 84.6 Å². The number of aryl methyl sites for hydroxylation is 1. The molecule has 3 unspecified atom stereocenters. The second kappa shape index (κ2) is 8.03. The summed E-state index contributed by atoms with van der Waals surface area (Å²) in [6, 6.07) is 26.3. The molecule has 0 radical (unpaired) electrons. The van der Waals surface area contributed by atoms with E-state index in [0.29, 0.717) is 5.56 Å². The molecule has 0 amide bonds. The first-order valence-corrected chi connectivity index (χ1v) is 11.5. The standard InChI is InChI=1S/C28H20BrN3O/c1-18-7-8-19-11-14-24-28(16-30,17-31)25(20-9-12-22(29)13-10-20)26(32(24)23(19)15-18)27(33)21-5-3-2-4-6-21/h2-15,24-26H,1H3. The quantitative estimate of drug-likeness (QED) is 0.417. The Bertz CT molecular complexity index is 1330. The predicted octanol–water partition coefficient (Wildman–Crippen LogP) is 6.04. The third-order valence-corrected chi connectivity index (χ3v) is 7.25. The molecule has 0 aromatic heterocycles. The van der Waals surface area contributed by atoms with Crippen LogP contribution in [0.4, 0.5) is 5.69 Å². The maximum absolute atomic E-state index is 14.1. The molecular formula is C28H20BrN3O. The zero-order chi connectivity index (χ0) is 23.2. The van der Waals surface area contributed by atoms with Crippen LogP contribution in [0, 0.1) is 35.0 Å². The lowest BCUT2D eigenvalue weighted by molar-refractivity contribution is 0.0951. The molecule has 0 N–H and O–H groups in total. The number of hydrogen-bond acceptors (Lipinski definition) is 4. The first kappa shape index (κ1) is 21.2. The summed E-state index contributed by atoms with van der Waals surface area (Å²) in [5, 5.41) is 20.9. The van der Waals surface area contributed by atoms with Gasteiger partial charge in [-0.3, -0.25) is 4.79 Å². The van der Waals surface area contributed by atoms with Gasteiger partial charge in [-0.1, -0.05) is 82.7 Å². The van der Waals surface area contributed by atoms with Gasteiger partial charge in [0.25, 0.3) is 0 Å². The van der Waals surface area contributed by atoms with Gasteiger partial charge in [0.1, 0.15) is 6.04 Å². The molecule has 33 heavy (non-hydrogen) atoms. The number of benzene rings is 3. The van der Waals surface area contributed by atoms with Crippen molar-refractivity contribution >= 4 is 33.5 Å². The molecule has 0 spiro atoms. The van der Waals surface area contributed by atoms with Crippen LogP contribution in [-0.2, 0) is 0 Å². The van der Waals surface area contributed by atoms with E-state index >= 15 is 0 Å². The van der Waals surface area contributed by atoms with Crippen molar-refractivity contribution in [1.82, 2.24) is 0 Å². The topological polar surface area (TPSA) is 67.9 Å². The first-order valence-electron chi connectivity index (χ1n) is 10.7. The molecule has 0 aliphatic carbocycles. The van der Waals surface area contributed by atoms with Crippen LogP contribution >= 0.6 is 15.9 Å². The summed E-state index contributed by atoms with van der Waals surface area (Å²) in [5.41, 5.74) is 2.85. The van der Waals surface area contributed by atoms with E-state index in [-0.39, 0.29) is 5.78 Å². The highest BCUT2D eigenvalue weighted by molar-refractivity contribution is 9.10. The third kappa shape index (κ3) is 3.20. The Morgan fingerprint density at radius 3 is 2.36 bits per heavy atom. The van der Waals surface area contributed by atoms with Crippen molar-refractivity contribution in [2.45, 2.75) is 24.9 Å². The van der Waals surface area contributed by atoms with E-state index in [0.717, 1.165) is 26.9 Å². The Kier molecular flexibility index (Phi) is 5.16. The Morgan fingerprint density at radius 2 is 1.70 bits per heavy atom. The first-order chi connectivity index (χ1) is 16.0. The SMILES string of the molecule is Cc1ccc2c(c1)N1C(C(=O)c3ccccc3)C(c3ccc(Br)cc3)C(C#N)(C#N)C1C=C2. The lowest BCUT2D eigenvalue weighted by Gasteiger charge is -2.35. The fraction of sp³-hybridized carbons (Fsp3) is 0.179. The third-order valence-electron chi connectivity index (χ3n) is 6.72. The Balaban J connectivity index is 1.80. The summed E-state index contributed by atoms with van der Waals surface area (Å²) in [5.74, 6) is -0.724. The van der Waals surface area contributed by atoms with Gasteiger partial charge in [0, 0.05) is 21.6 Å². The number of halogens is 1. The lowest BCUT2D eigenvalue weighted by Crippen LogP contribution is -2.44. The zero-order valence-corrected chi connectivity index (χ0v) is 19.5. The van der Waals surface area contributed by atoms with Gasteiger partial charge in [-0.2, -0.15) is 10.5 Å². The molecular weight excluding hydrogens is 474 g/mol. The number of rotatable bonds is 3. The second-order valence-electron chi connectivity index (χ2n) is 8.57. The molecule has 2 aliphatic rings. The Morgan fingerprint density at radius 1 is 1.00 bits per heavy atom. The zero-order valence-electron chi connectivity index (χ0n) is 17.9. The van der Waals surface area contributed by atoms with Gasteiger partial charge < -0.3 is 4.90 Å². The number of nitriles is 2. The van der Waals surface area contributed by atoms with E-state index in [2.05, 4.69) is 28.1 Å². The van der Waals surface area contributed by atoms with Gasteiger partial charge >= 0.3 is 0 Å². The van der Waals surface area contributed by atoms with Crippen molar-refractivity contribution < 1.29 is 4.79 Å². The normalized spacial score (nSPS) is 22.1. The summed E-state index contributed by atoms with van der Waals surface area (Å²) in [7, 11) is 0. The Hall–Kier alpha value is -3.67. The number of anilines is 1. The highest BCUT2D eigenvalue weighted by Gasteiger charge is 2.63. The number of ketones is 1. The number of fused-ring (bicyclic) bond motifs is 3. The second-order valence-corrected chi connectivity index (χ2v) is 9.49.